The molecule has 3 heterocycles. The van der Waals surface area contributed by atoms with Crippen molar-refractivity contribution in [3.05, 3.63) is 83.7 Å². The average molecular weight is 605 g/mol. The minimum atomic E-state index is -0.975. The Hall–Kier alpha value is -3.53. The van der Waals surface area contributed by atoms with Crippen LogP contribution in [0.5, 0.6) is 0 Å². The highest BCUT2D eigenvalue weighted by Gasteiger charge is 2.38. The summed E-state index contributed by atoms with van der Waals surface area (Å²) in [4.78, 5) is 20.6. The summed E-state index contributed by atoms with van der Waals surface area (Å²) in [5.74, 6) is 0.334. The standard InChI is InChI=1S/C35H48N4O5/c1-9-14-26-15-12-13-16-27(26)23-41-24-28-22-29-36-25(4)30(31(33(40)42-11-3)44-34(5,6)7)32(39(29)37-28)38-19-17-35(8,18-20-38)43-21-10-2/h9-10,12-13,15-16,22,31H,1-2,11,14,17-21,23-24H2,3-8H3/t31-/m0/s1. The largest absolute Gasteiger partial charge is 0.464 e. The zero-order valence-electron chi connectivity index (χ0n) is 27.2. The van der Waals surface area contributed by atoms with Gasteiger partial charge in [0.25, 0.3) is 0 Å². The van der Waals surface area contributed by atoms with Crippen molar-refractivity contribution < 1.29 is 23.7 Å². The maximum absolute atomic E-state index is 13.4. The molecule has 1 aliphatic rings. The Labute approximate surface area is 261 Å². The van der Waals surface area contributed by atoms with Crippen LogP contribution in [0.2, 0.25) is 0 Å². The number of nitrogens with zero attached hydrogens (tertiary/aromatic N) is 4. The summed E-state index contributed by atoms with van der Waals surface area (Å²) < 4.78 is 26.0. The third-order valence-electron chi connectivity index (χ3n) is 7.75. The second-order valence-electron chi connectivity index (χ2n) is 12.5. The predicted molar refractivity (Wildman–Crippen MR) is 173 cm³/mol. The first-order valence-corrected chi connectivity index (χ1v) is 15.5. The zero-order valence-corrected chi connectivity index (χ0v) is 27.2. The lowest BCUT2D eigenvalue weighted by atomic mass is 9.92. The van der Waals surface area contributed by atoms with Gasteiger partial charge in [-0.1, -0.05) is 36.4 Å². The van der Waals surface area contributed by atoms with Gasteiger partial charge in [-0.15, -0.1) is 13.2 Å². The van der Waals surface area contributed by atoms with Gasteiger partial charge < -0.3 is 23.8 Å². The molecule has 1 aliphatic heterocycles. The summed E-state index contributed by atoms with van der Waals surface area (Å²) in [6, 6.07) is 10.2. The molecule has 0 saturated carbocycles. The number of aryl methyl sites for hydroxylation is 1. The fourth-order valence-electron chi connectivity index (χ4n) is 5.55. The molecule has 1 aromatic carbocycles. The molecule has 1 atom stereocenters. The third kappa shape index (κ3) is 8.14. The number of hydrogen-bond acceptors (Lipinski definition) is 8. The van der Waals surface area contributed by atoms with E-state index in [4.69, 9.17) is 29.0 Å². The van der Waals surface area contributed by atoms with Crippen LogP contribution in [0.1, 0.15) is 81.6 Å². The Morgan fingerprint density at radius 2 is 1.82 bits per heavy atom. The summed E-state index contributed by atoms with van der Waals surface area (Å²) in [6.45, 7) is 22.2. The second kappa shape index (κ2) is 14.5. The Morgan fingerprint density at radius 1 is 1.11 bits per heavy atom. The molecule has 1 saturated heterocycles. The molecule has 0 aliphatic carbocycles. The average Bonchev–Trinajstić information content (AvgIpc) is 3.37. The summed E-state index contributed by atoms with van der Waals surface area (Å²) >= 11 is 0. The molecule has 0 bridgehead atoms. The molecule has 0 N–H and O–H groups in total. The summed E-state index contributed by atoms with van der Waals surface area (Å²) in [5.41, 5.74) is 4.23. The molecule has 1 fully saturated rings. The number of ether oxygens (including phenoxy) is 4. The van der Waals surface area contributed by atoms with E-state index in [0.717, 1.165) is 36.3 Å². The van der Waals surface area contributed by atoms with E-state index in [1.54, 1.807) is 13.0 Å². The predicted octanol–water partition coefficient (Wildman–Crippen LogP) is 6.46. The molecule has 9 nitrogen and oxygen atoms in total. The first-order valence-electron chi connectivity index (χ1n) is 15.5. The lowest BCUT2D eigenvalue weighted by Gasteiger charge is -2.41. The first kappa shape index (κ1) is 33.4. The molecule has 2 aromatic heterocycles. The van der Waals surface area contributed by atoms with Gasteiger partial charge in [-0.3, -0.25) is 0 Å². The van der Waals surface area contributed by atoms with E-state index in [-0.39, 0.29) is 12.2 Å². The molecular weight excluding hydrogens is 556 g/mol. The zero-order chi connectivity index (χ0) is 31.9. The van der Waals surface area contributed by atoms with Crippen LogP contribution < -0.4 is 4.90 Å². The monoisotopic (exact) mass is 604 g/mol. The van der Waals surface area contributed by atoms with Crippen molar-refractivity contribution in [2.75, 3.05) is 31.2 Å². The van der Waals surface area contributed by atoms with Crippen molar-refractivity contribution in [2.45, 2.75) is 91.3 Å². The molecule has 44 heavy (non-hydrogen) atoms. The number of benzene rings is 1. The van der Waals surface area contributed by atoms with Gasteiger partial charge in [0, 0.05) is 24.8 Å². The smallest absolute Gasteiger partial charge is 0.340 e. The number of esters is 1. The van der Waals surface area contributed by atoms with E-state index in [1.165, 1.54) is 5.56 Å². The second-order valence-corrected chi connectivity index (χ2v) is 12.5. The Bertz CT molecular complexity index is 1450. The summed E-state index contributed by atoms with van der Waals surface area (Å²) in [5, 5.41) is 4.97. The van der Waals surface area contributed by atoms with Crippen LogP contribution in [-0.4, -0.2) is 58.1 Å². The highest BCUT2D eigenvalue weighted by atomic mass is 16.6. The van der Waals surface area contributed by atoms with Crippen LogP contribution in [0, 0.1) is 6.92 Å². The molecule has 0 unspecified atom stereocenters. The number of piperidine rings is 1. The van der Waals surface area contributed by atoms with Crippen molar-refractivity contribution in [2.24, 2.45) is 0 Å². The van der Waals surface area contributed by atoms with Crippen molar-refractivity contribution in [3.63, 3.8) is 0 Å². The molecule has 0 radical (unpaired) electrons. The number of hydrogen-bond donors (Lipinski definition) is 0. The van der Waals surface area contributed by atoms with Crippen LogP contribution in [0.3, 0.4) is 0 Å². The van der Waals surface area contributed by atoms with E-state index in [2.05, 4.69) is 37.1 Å². The van der Waals surface area contributed by atoms with Crippen LogP contribution in [0.15, 0.2) is 55.6 Å². The van der Waals surface area contributed by atoms with Crippen LogP contribution in [0.4, 0.5) is 5.82 Å². The van der Waals surface area contributed by atoms with E-state index in [9.17, 15) is 4.79 Å². The van der Waals surface area contributed by atoms with Crippen molar-refractivity contribution in [1.29, 1.82) is 0 Å². The van der Waals surface area contributed by atoms with E-state index >= 15 is 0 Å². The Balaban J connectivity index is 1.73. The molecule has 238 valence electrons. The minimum absolute atomic E-state index is 0.245. The van der Waals surface area contributed by atoms with Crippen molar-refractivity contribution in [1.82, 2.24) is 14.6 Å². The number of carbonyl (C=O) groups is 1. The number of rotatable bonds is 14. The molecule has 0 spiro atoms. The fourth-order valence-corrected chi connectivity index (χ4v) is 5.55. The summed E-state index contributed by atoms with van der Waals surface area (Å²) in [6.07, 6.45) is 5.09. The molecular formula is C35H48N4O5. The van der Waals surface area contributed by atoms with Gasteiger partial charge in [0.1, 0.15) is 5.82 Å². The van der Waals surface area contributed by atoms with Gasteiger partial charge in [-0.25, -0.2) is 9.78 Å². The highest BCUT2D eigenvalue weighted by molar-refractivity contribution is 5.80. The molecule has 3 aromatic rings. The Morgan fingerprint density at radius 3 is 2.45 bits per heavy atom. The van der Waals surface area contributed by atoms with E-state index in [1.807, 2.05) is 56.5 Å². The fraction of sp³-hybridized carbons (Fsp3) is 0.514. The van der Waals surface area contributed by atoms with Crippen molar-refractivity contribution in [3.8, 4) is 0 Å². The molecule has 4 rings (SSSR count). The van der Waals surface area contributed by atoms with Crippen LogP contribution in [-0.2, 0) is 43.4 Å². The van der Waals surface area contributed by atoms with E-state index < -0.39 is 17.7 Å². The SMILES string of the molecule is C=CCOC1(C)CCN(c2c([C@H](OC(C)(C)C)C(=O)OCC)c(C)nc3cc(COCc4ccccc4CC=C)nn23)CC1. The van der Waals surface area contributed by atoms with Crippen molar-refractivity contribution >= 4 is 17.4 Å². The topological polar surface area (TPSA) is 87.4 Å². The summed E-state index contributed by atoms with van der Waals surface area (Å²) in [7, 11) is 0. The number of anilines is 1. The number of aromatic nitrogens is 3. The van der Waals surface area contributed by atoms with Crippen LogP contribution in [0.25, 0.3) is 5.65 Å². The quantitative estimate of drug-likeness (QED) is 0.153. The normalized spacial score (nSPS) is 15.7. The highest BCUT2D eigenvalue weighted by Crippen LogP contribution is 2.38. The first-order chi connectivity index (χ1) is 21.0. The lowest BCUT2D eigenvalue weighted by molar-refractivity contribution is -0.166. The van der Waals surface area contributed by atoms with Gasteiger partial charge in [-0.05, 0) is 71.9 Å². The maximum atomic E-state index is 13.4. The number of allylic oxidation sites excluding steroid dienone is 1. The van der Waals surface area contributed by atoms with Crippen LogP contribution >= 0.6 is 0 Å². The minimum Gasteiger partial charge on any atom is -0.464 e. The maximum Gasteiger partial charge on any atom is 0.340 e. The lowest BCUT2D eigenvalue weighted by Crippen LogP contribution is -2.45. The van der Waals surface area contributed by atoms with Gasteiger partial charge in [0.15, 0.2) is 11.8 Å². The van der Waals surface area contributed by atoms with Gasteiger partial charge in [0.05, 0.1) is 48.9 Å². The molecule has 9 heteroatoms. The number of carbonyl (C=O) groups excluding carboxylic acids is 1. The van der Waals surface area contributed by atoms with Gasteiger partial charge in [-0.2, -0.15) is 9.61 Å². The van der Waals surface area contributed by atoms with Gasteiger partial charge >= 0.3 is 5.97 Å². The molecule has 0 amide bonds. The third-order valence-corrected chi connectivity index (χ3v) is 7.75. The van der Waals surface area contributed by atoms with E-state index in [0.29, 0.717) is 49.8 Å². The number of fused-ring (bicyclic) bond motifs is 1. The van der Waals surface area contributed by atoms with Gasteiger partial charge in [0.2, 0.25) is 0 Å². The Kier molecular flexibility index (Phi) is 11.0.